The molecule has 1 rings (SSSR count). The number of hydrogen-bond acceptors (Lipinski definition) is 2. The van der Waals surface area contributed by atoms with E-state index in [1.165, 1.54) is 63.4 Å². The first-order chi connectivity index (χ1) is 10.1. The van der Waals surface area contributed by atoms with Crippen molar-refractivity contribution in [1.82, 2.24) is 0 Å². The number of methoxy groups -OCH3 is 1. The second-order valence-corrected chi connectivity index (χ2v) is 7.47. The number of ether oxygens (including phenoxy) is 1. The lowest BCUT2D eigenvalue weighted by molar-refractivity contribution is 0.367. The fourth-order valence-corrected chi connectivity index (χ4v) is 4.52. The quantitative estimate of drug-likeness (QED) is 0.405. The monoisotopic (exact) mass is 310 g/mol. The molecule has 1 atom stereocenters. The van der Waals surface area contributed by atoms with Gasteiger partial charge in [-0.3, -0.25) is 0 Å². The van der Waals surface area contributed by atoms with Crippen molar-refractivity contribution in [1.29, 1.82) is 0 Å². The Morgan fingerprint density at radius 3 is 2.10 bits per heavy atom. The van der Waals surface area contributed by atoms with E-state index >= 15 is 0 Å². The number of thiophene rings is 1. The predicted molar refractivity (Wildman–Crippen MR) is 95.9 cm³/mol. The Balaban J connectivity index is 2.80. The molecule has 0 aliphatic heterocycles. The van der Waals surface area contributed by atoms with Gasteiger partial charge in [0.1, 0.15) is 5.75 Å². The molecule has 1 nitrogen and oxygen atoms in total. The SMILES string of the molecule is CCCCCCC(C)(CCCCC)c1scc(OC)c1C. The second-order valence-electron chi connectivity index (χ2n) is 6.59. The van der Waals surface area contributed by atoms with Gasteiger partial charge in [0.25, 0.3) is 0 Å². The summed E-state index contributed by atoms with van der Waals surface area (Å²) in [6.07, 6.45) is 12.1. The summed E-state index contributed by atoms with van der Waals surface area (Å²) in [6, 6.07) is 0. The summed E-state index contributed by atoms with van der Waals surface area (Å²) in [4.78, 5) is 1.56. The Morgan fingerprint density at radius 1 is 1.00 bits per heavy atom. The van der Waals surface area contributed by atoms with Crippen molar-refractivity contribution in [3.05, 3.63) is 15.8 Å². The van der Waals surface area contributed by atoms with Crippen LogP contribution in [0, 0.1) is 6.92 Å². The van der Waals surface area contributed by atoms with Crippen molar-refractivity contribution in [2.24, 2.45) is 0 Å². The van der Waals surface area contributed by atoms with E-state index in [1.807, 2.05) is 11.3 Å². The fraction of sp³-hybridized carbons (Fsp3) is 0.789. The zero-order valence-corrected chi connectivity index (χ0v) is 15.6. The van der Waals surface area contributed by atoms with Gasteiger partial charge in [0.05, 0.1) is 7.11 Å². The molecule has 0 saturated carbocycles. The maximum Gasteiger partial charge on any atom is 0.132 e. The third-order valence-electron chi connectivity index (χ3n) is 4.68. The predicted octanol–water partition coefficient (Wildman–Crippen LogP) is 6.87. The zero-order chi connectivity index (χ0) is 15.7. The maximum atomic E-state index is 5.50. The summed E-state index contributed by atoms with van der Waals surface area (Å²) in [6.45, 7) is 9.29. The number of hydrogen-bond donors (Lipinski definition) is 0. The first-order valence-electron chi connectivity index (χ1n) is 8.71. The van der Waals surface area contributed by atoms with Crippen LogP contribution in [-0.2, 0) is 5.41 Å². The van der Waals surface area contributed by atoms with Crippen LogP contribution in [0.4, 0.5) is 0 Å². The van der Waals surface area contributed by atoms with Crippen molar-refractivity contribution in [3.63, 3.8) is 0 Å². The second kappa shape index (κ2) is 9.50. The van der Waals surface area contributed by atoms with Gasteiger partial charge in [-0.1, -0.05) is 65.7 Å². The Labute approximate surface area is 136 Å². The van der Waals surface area contributed by atoms with Crippen molar-refractivity contribution in [2.45, 2.75) is 90.9 Å². The van der Waals surface area contributed by atoms with Gasteiger partial charge < -0.3 is 4.74 Å². The maximum absolute atomic E-state index is 5.50. The van der Waals surface area contributed by atoms with Crippen LogP contribution in [0.15, 0.2) is 5.38 Å². The molecule has 1 aromatic heterocycles. The van der Waals surface area contributed by atoms with Gasteiger partial charge in [0.15, 0.2) is 0 Å². The van der Waals surface area contributed by atoms with E-state index in [0.29, 0.717) is 5.41 Å². The topological polar surface area (TPSA) is 9.23 Å². The first-order valence-corrected chi connectivity index (χ1v) is 9.59. The van der Waals surface area contributed by atoms with Gasteiger partial charge in [-0.05, 0) is 19.8 Å². The third-order valence-corrected chi connectivity index (χ3v) is 6.04. The number of unbranched alkanes of at least 4 members (excludes halogenated alkanes) is 5. The van der Waals surface area contributed by atoms with E-state index in [1.54, 1.807) is 12.0 Å². The highest BCUT2D eigenvalue weighted by atomic mass is 32.1. The molecule has 0 bridgehead atoms. The summed E-state index contributed by atoms with van der Waals surface area (Å²) >= 11 is 1.90. The molecular formula is C19H34OS. The Kier molecular flexibility index (Phi) is 8.39. The fourth-order valence-electron chi connectivity index (χ4n) is 3.26. The lowest BCUT2D eigenvalue weighted by atomic mass is 9.77. The van der Waals surface area contributed by atoms with Crippen molar-refractivity contribution in [2.75, 3.05) is 7.11 Å². The minimum absolute atomic E-state index is 0.342. The highest BCUT2D eigenvalue weighted by Gasteiger charge is 2.30. The lowest BCUT2D eigenvalue weighted by Gasteiger charge is -2.30. The molecule has 122 valence electrons. The summed E-state index contributed by atoms with van der Waals surface area (Å²) in [5.41, 5.74) is 1.71. The normalized spacial score (nSPS) is 14.1. The summed E-state index contributed by atoms with van der Waals surface area (Å²) in [5.74, 6) is 1.07. The smallest absolute Gasteiger partial charge is 0.132 e. The zero-order valence-electron chi connectivity index (χ0n) is 14.8. The van der Waals surface area contributed by atoms with Crippen molar-refractivity contribution in [3.8, 4) is 5.75 Å². The molecule has 0 aliphatic carbocycles. The molecule has 1 heterocycles. The lowest BCUT2D eigenvalue weighted by Crippen LogP contribution is -2.21. The summed E-state index contributed by atoms with van der Waals surface area (Å²) < 4.78 is 5.50. The van der Waals surface area contributed by atoms with Gasteiger partial charge in [0, 0.05) is 21.2 Å². The molecule has 1 aromatic rings. The van der Waals surface area contributed by atoms with Crippen molar-refractivity contribution < 1.29 is 4.74 Å². The Hall–Kier alpha value is -0.500. The van der Waals surface area contributed by atoms with Gasteiger partial charge >= 0.3 is 0 Å². The van der Waals surface area contributed by atoms with E-state index < -0.39 is 0 Å². The van der Waals surface area contributed by atoms with E-state index in [0.717, 1.165) is 5.75 Å². The molecular weight excluding hydrogens is 276 g/mol. The summed E-state index contributed by atoms with van der Waals surface area (Å²) in [7, 11) is 1.79. The average molecular weight is 311 g/mol. The highest BCUT2D eigenvalue weighted by molar-refractivity contribution is 7.10. The van der Waals surface area contributed by atoms with E-state index in [4.69, 9.17) is 4.74 Å². The van der Waals surface area contributed by atoms with Crippen LogP contribution >= 0.6 is 11.3 Å². The van der Waals surface area contributed by atoms with Gasteiger partial charge in [-0.25, -0.2) is 0 Å². The molecule has 1 unspecified atom stereocenters. The van der Waals surface area contributed by atoms with E-state index in [9.17, 15) is 0 Å². The minimum Gasteiger partial charge on any atom is -0.496 e. The molecule has 0 amide bonds. The summed E-state index contributed by atoms with van der Waals surface area (Å²) in [5, 5.41) is 2.19. The van der Waals surface area contributed by atoms with Crippen LogP contribution in [0.5, 0.6) is 5.75 Å². The molecule has 0 aromatic carbocycles. The molecule has 0 saturated heterocycles. The molecule has 0 N–H and O–H groups in total. The van der Waals surface area contributed by atoms with Crippen LogP contribution in [0.3, 0.4) is 0 Å². The van der Waals surface area contributed by atoms with E-state index in [2.05, 4.69) is 33.1 Å². The Morgan fingerprint density at radius 2 is 1.57 bits per heavy atom. The average Bonchev–Trinajstić information content (AvgIpc) is 2.85. The molecule has 2 heteroatoms. The van der Waals surface area contributed by atoms with E-state index in [-0.39, 0.29) is 0 Å². The molecule has 21 heavy (non-hydrogen) atoms. The van der Waals surface area contributed by atoms with Gasteiger partial charge in [-0.2, -0.15) is 0 Å². The largest absolute Gasteiger partial charge is 0.496 e. The third kappa shape index (κ3) is 5.32. The van der Waals surface area contributed by atoms with Crippen LogP contribution in [0.1, 0.15) is 89.0 Å². The molecule has 0 aliphatic rings. The highest BCUT2D eigenvalue weighted by Crippen LogP contribution is 2.43. The van der Waals surface area contributed by atoms with Crippen molar-refractivity contribution >= 4 is 11.3 Å². The molecule has 0 radical (unpaired) electrons. The van der Waals surface area contributed by atoms with Crippen LogP contribution in [0.25, 0.3) is 0 Å². The number of rotatable bonds is 11. The van der Waals surface area contributed by atoms with Crippen LogP contribution in [0.2, 0.25) is 0 Å². The first kappa shape index (κ1) is 18.5. The molecule has 0 fully saturated rings. The molecule has 0 spiro atoms. The Bertz CT molecular complexity index is 396. The standard InChI is InChI=1S/C19H34OS/c1-6-8-10-12-14-19(4,13-11-9-7-2)18-16(3)17(20-5)15-21-18/h15H,6-14H2,1-5H3. The minimum atomic E-state index is 0.342. The van der Waals surface area contributed by atoms with Crippen LogP contribution in [-0.4, -0.2) is 7.11 Å². The van der Waals surface area contributed by atoms with Crippen LogP contribution < -0.4 is 4.74 Å². The van der Waals surface area contributed by atoms with Gasteiger partial charge in [-0.15, -0.1) is 11.3 Å². The van der Waals surface area contributed by atoms with Gasteiger partial charge in [0.2, 0.25) is 0 Å².